The number of aliphatic hydroxyl groups excluding tert-OH is 1. The molecule has 31 heavy (non-hydrogen) atoms. The summed E-state index contributed by atoms with van der Waals surface area (Å²) in [5.74, 6) is -0.189. The van der Waals surface area contributed by atoms with Gasteiger partial charge in [0.2, 0.25) is 10.0 Å². The molecule has 2 aromatic rings. The minimum atomic E-state index is -3.85. The third kappa shape index (κ3) is 5.43. The van der Waals surface area contributed by atoms with Crippen molar-refractivity contribution < 1.29 is 27.8 Å². The number of rotatable bonds is 8. The monoisotopic (exact) mass is 448 g/mol. The normalized spacial score (nSPS) is 14.9. The Morgan fingerprint density at radius 1 is 1.16 bits per heavy atom. The number of aryl methyl sites for hydroxylation is 1. The number of aliphatic hydroxyl groups is 1. The van der Waals surface area contributed by atoms with Crippen molar-refractivity contribution >= 4 is 15.9 Å². The molecule has 0 aliphatic carbocycles. The number of carbonyl (C=O) groups excluding carboxylic acids is 1. The van der Waals surface area contributed by atoms with Crippen molar-refractivity contribution in [2.45, 2.75) is 18.4 Å². The zero-order valence-corrected chi connectivity index (χ0v) is 18.6. The van der Waals surface area contributed by atoms with E-state index >= 15 is 0 Å². The van der Waals surface area contributed by atoms with Gasteiger partial charge in [-0.25, -0.2) is 8.42 Å². The van der Waals surface area contributed by atoms with Gasteiger partial charge in [-0.1, -0.05) is 29.8 Å². The number of hydrogen-bond donors (Lipinski definition) is 1. The van der Waals surface area contributed by atoms with Crippen LogP contribution in [0.5, 0.6) is 5.75 Å². The molecular formula is C22H28N2O6S. The fourth-order valence-electron chi connectivity index (χ4n) is 3.41. The van der Waals surface area contributed by atoms with E-state index in [0.29, 0.717) is 19.8 Å². The first-order valence-electron chi connectivity index (χ1n) is 10.1. The van der Waals surface area contributed by atoms with Gasteiger partial charge in [-0.2, -0.15) is 4.31 Å². The molecule has 1 aliphatic heterocycles. The highest BCUT2D eigenvalue weighted by molar-refractivity contribution is 7.89. The molecule has 1 amide bonds. The maximum atomic E-state index is 13.2. The van der Waals surface area contributed by atoms with Gasteiger partial charge < -0.3 is 19.5 Å². The van der Waals surface area contributed by atoms with E-state index in [9.17, 15) is 18.3 Å². The van der Waals surface area contributed by atoms with E-state index in [1.165, 1.54) is 28.4 Å². The summed E-state index contributed by atoms with van der Waals surface area (Å²) < 4.78 is 38.2. The molecule has 2 aromatic carbocycles. The first-order valence-corrected chi connectivity index (χ1v) is 11.5. The van der Waals surface area contributed by atoms with Crippen LogP contribution in [0, 0.1) is 6.92 Å². The Morgan fingerprint density at radius 3 is 2.45 bits per heavy atom. The van der Waals surface area contributed by atoms with Crippen LogP contribution >= 0.6 is 0 Å². The average Bonchev–Trinajstić information content (AvgIpc) is 2.80. The minimum absolute atomic E-state index is 0.0537. The molecule has 0 spiro atoms. The second kappa shape index (κ2) is 10.2. The van der Waals surface area contributed by atoms with E-state index in [-0.39, 0.29) is 48.4 Å². The lowest BCUT2D eigenvalue weighted by atomic mass is 10.1. The van der Waals surface area contributed by atoms with Crippen LogP contribution in [-0.4, -0.2) is 75.2 Å². The average molecular weight is 449 g/mol. The van der Waals surface area contributed by atoms with Crippen molar-refractivity contribution in [1.29, 1.82) is 0 Å². The van der Waals surface area contributed by atoms with Crippen LogP contribution < -0.4 is 4.74 Å². The Kier molecular flexibility index (Phi) is 7.66. The summed E-state index contributed by atoms with van der Waals surface area (Å²) in [4.78, 5) is 14.7. The fourth-order valence-corrected chi connectivity index (χ4v) is 5.00. The third-order valence-corrected chi connectivity index (χ3v) is 7.07. The number of benzene rings is 2. The molecule has 0 saturated carbocycles. The number of carbonyl (C=O) groups is 1. The van der Waals surface area contributed by atoms with Gasteiger partial charge in [0, 0.05) is 31.7 Å². The van der Waals surface area contributed by atoms with Gasteiger partial charge in [-0.15, -0.1) is 0 Å². The van der Waals surface area contributed by atoms with Crippen molar-refractivity contribution in [3.05, 3.63) is 59.2 Å². The standard InChI is InChI=1S/C22H28N2O6S/c1-17-3-5-18(6-4-17)16-23(9-12-25)22(26)19-7-8-20(29-2)21(15-19)31(27,28)24-10-13-30-14-11-24/h3-8,15,25H,9-14,16H2,1-2H3. The van der Waals surface area contributed by atoms with E-state index in [0.717, 1.165) is 11.1 Å². The topological polar surface area (TPSA) is 96.4 Å². The van der Waals surface area contributed by atoms with Crippen LogP contribution in [-0.2, 0) is 21.3 Å². The zero-order valence-electron chi connectivity index (χ0n) is 17.8. The number of nitrogens with zero attached hydrogens (tertiary/aromatic N) is 2. The second-order valence-corrected chi connectivity index (χ2v) is 9.22. The minimum Gasteiger partial charge on any atom is -0.495 e. The number of morpholine rings is 1. The number of sulfonamides is 1. The highest BCUT2D eigenvalue weighted by Gasteiger charge is 2.30. The second-order valence-electron chi connectivity index (χ2n) is 7.32. The number of methoxy groups -OCH3 is 1. The van der Waals surface area contributed by atoms with Gasteiger partial charge >= 0.3 is 0 Å². The molecule has 1 N–H and O–H groups in total. The smallest absolute Gasteiger partial charge is 0.254 e. The number of hydrogen-bond acceptors (Lipinski definition) is 6. The lowest BCUT2D eigenvalue weighted by Gasteiger charge is -2.27. The predicted molar refractivity (Wildman–Crippen MR) is 116 cm³/mol. The Bertz CT molecular complexity index is 1000. The lowest BCUT2D eigenvalue weighted by Crippen LogP contribution is -2.40. The Morgan fingerprint density at radius 2 is 1.84 bits per heavy atom. The highest BCUT2D eigenvalue weighted by Crippen LogP contribution is 2.29. The molecule has 0 radical (unpaired) electrons. The van der Waals surface area contributed by atoms with E-state index in [2.05, 4.69) is 0 Å². The lowest BCUT2D eigenvalue weighted by molar-refractivity contribution is 0.0706. The Labute approximate surface area is 183 Å². The van der Waals surface area contributed by atoms with Crippen LogP contribution in [0.1, 0.15) is 21.5 Å². The molecule has 8 nitrogen and oxygen atoms in total. The molecule has 0 aromatic heterocycles. The van der Waals surface area contributed by atoms with Crippen molar-refractivity contribution in [1.82, 2.24) is 9.21 Å². The van der Waals surface area contributed by atoms with Gasteiger partial charge in [-0.05, 0) is 30.7 Å². The fraction of sp³-hybridized carbons (Fsp3) is 0.409. The van der Waals surface area contributed by atoms with Gasteiger partial charge in [0.25, 0.3) is 5.91 Å². The predicted octanol–water partition coefficient (Wildman–Crippen LogP) is 1.66. The van der Waals surface area contributed by atoms with Gasteiger partial charge in [0.1, 0.15) is 10.6 Å². The van der Waals surface area contributed by atoms with Gasteiger partial charge in [0.15, 0.2) is 0 Å². The van der Waals surface area contributed by atoms with Gasteiger partial charge in [-0.3, -0.25) is 4.79 Å². The Balaban J connectivity index is 1.92. The maximum absolute atomic E-state index is 13.2. The largest absolute Gasteiger partial charge is 0.495 e. The molecule has 9 heteroatoms. The molecule has 1 aliphatic rings. The molecule has 0 atom stereocenters. The van der Waals surface area contributed by atoms with Crippen molar-refractivity contribution in [2.24, 2.45) is 0 Å². The Hall–Kier alpha value is -2.46. The zero-order chi connectivity index (χ0) is 22.4. The molecule has 1 heterocycles. The summed E-state index contributed by atoms with van der Waals surface area (Å²) in [5, 5.41) is 9.46. The molecular weight excluding hydrogens is 420 g/mol. The molecule has 3 rings (SSSR count). The summed E-state index contributed by atoms with van der Waals surface area (Å²) in [5.41, 5.74) is 2.24. The molecule has 1 saturated heterocycles. The van der Waals surface area contributed by atoms with Crippen LogP contribution in [0.25, 0.3) is 0 Å². The van der Waals surface area contributed by atoms with Gasteiger partial charge in [0.05, 0.1) is 26.9 Å². The summed E-state index contributed by atoms with van der Waals surface area (Å²) in [6.45, 7) is 3.34. The molecule has 0 bridgehead atoms. The molecule has 0 unspecified atom stereocenters. The van der Waals surface area contributed by atoms with Crippen molar-refractivity contribution in [2.75, 3.05) is 46.6 Å². The van der Waals surface area contributed by atoms with Crippen LogP contribution in [0.4, 0.5) is 0 Å². The number of amides is 1. The summed E-state index contributed by atoms with van der Waals surface area (Å²) in [6.07, 6.45) is 0. The van der Waals surface area contributed by atoms with Crippen LogP contribution in [0.3, 0.4) is 0 Å². The quantitative estimate of drug-likeness (QED) is 0.660. The van der Waals surface area contributed by atoms with E-state index in [1.54, 1.807) is 6.07 Å². The van der Waals surface area contributed by atoms with E-state index in [1.807, 2.05) is 31.2 Å². The molecule has 1 fully saturated rings. The van der Waals surface area contributed by atoms with Crippen LogP contribution in [0.2, 0.25) is 0 Å². The van der Waals surface area contributed by atoms with Crippen LogP contribution in [0.15, 0.2) is 47.4 Å². The molecule has 168 valence electrons. The first-order chi connectivity index (χ1) is 14.9. The SMILES string of the molecule is COc1ccc(C(=O)N(CCO)Cc2ccc(C)cc2)cc1S(=O)(=O)N1CCOCC1. The number of ether oxygens (including phenoxy) is 2. The highest BCUT2D eigenvalue weighted by atomic mass is 32.2. The van der Waals surface area contributed by atoms with Crippen molar-refractivity contribution in [3.63, 3.8) is 0 Å². The van der Waals surface area contributed by atoms with E-state index in [4.69, 9.17) is 9.47 Å². The third-order valence-electron chi connectivity index (χ3n) is 5.15. The van der Waals surface area contributed by atoms with E-state index < -0.39 is 10.0 Å². The first kappa shape index (κ1) is 23.2. The van der Waals surface area contributed by atoms with Crippen molar-refractivity contribution in [3.8, 4) is 5.75 Å². The summed E-state index contributed by atoms with van der Waals surface area (Å²) >= 11 is 0. The maximum Gasteiger partial charge on any atom is 0.254 e. The summed E-state index contributed by atoms with van der Waals surface area (Å²) in [7, 11) is -2.46. The summed E-state index contributed by atoms with van der Waals surface area (Å²) in [6, 6.07) is 12.1.